The lowest BCUT2D eigenvalue weighted by Gasteiger charge is -1.98. The zero-order chi connectivity index (χ0) is 12.8. The van der Waals surface area contributed by atoms with Gasteiger partial charge in [-0.25, -0.2) is 0 Å². The molecule has 0 bridgehead atoms. The van der Waals surface area contributed by atoms with Crippen molar-refractivity contribution in [2.45, 2.75) is 25.8 Å². The molecular weight excluding hydrogens is 228 g/mol. The van der Waals surface area contributed by atoms with E-state index in [9.17, 15) is 0 Å². The lowest BCUT2D eigenvalue weighted by molar-refractivity contribution is 0.491. The molecule has 0 unspecified atom stereocenters. The highest BCUT2D eigenvalue weighted by Gasteiger charge is 2.04. The molecule has 0 aliphatic carbocycles. The van der Waals surface area contributed by atoms with Gasteiger partial charge in [0.05, 0.1) is 12.4 Å². The van der Waals surface area contributed by atoms with Crippen molar-refractivity contribution in [1.82, 2.24) is 20.2 Å². The monoisotopic (exact) mass is 244 g/mol. The molecule has 2 rings (SSSR count). The van der Waals surface area contributed by atoms with Gasteiger partial charge in [-0.15, -0.1) is 10.2 Å². The molecule has 2 aromatic rings. The average molecular weight is 244 g/mol. The molecular formula is C12H16N6. The van der Waals surface area contributed by atoms with Crippen molar-refractivity contribution in [1.29, 1.82) is 5.41 Å². The maximum atomic E-state index is 7.12. The summed E-state index contributed by atoms with van der Waals surface area (Å²) in [6.45, 7) is 0.702. The maximum Gasteiger partial charge on any atom is 0.204 e. The summed E-state index contributed by atoms with van der Waals surface area (Å²) in [7, 11) is 0. The third-order valence-corrected chi connectivity index (χ3v) is 2.54. The molecule has 0 atom stereocenters. The molecule has 0 radical (unpaired) electrons. The van der Waals surface area contributed by atoms with Crippen LogP contribution in [0.1, 0.15) is 19.3 Å². The van der Waals surface area contributed by atoms with Gasteiger partial charge in [-0.05, 0) is 18.1 Å². The Bertz CT molecular complexity index is 504. The number of amidine groups is 1. The predicted molar refractivity (Wildman–Crippen MR) is 69.0 cm³/mol. The number of tetrazole rings is 1. The number of aryl methyl sites for hydroxylation is 1. The number of nitrogens with one attached hydrogen (secondary N) is 1. The summed E-state index contributed by atoms with van der Waals surface area (Å²) in [6, 6.07) is 9.76. The number of hydrogen-bond donors (Lipinski definition) is 2. The molecule has 0 saturated heterocycles. The maximum absolute atomic E-state index is 7.12. The Balaban J connectivity index is 1.89. The molecule has 6 heteroatoms. The summed E-state index contributed by atoms with van der Waals surface area (Å²) in [5, 5.41) is 19.4. The van der Waals surface area contributed by atoms with Crippen molar-refractivity contribution >= 4 is 5.84 Å². The van der Waals surface area contributed by atoms with Gasteiger partial charge in [-0.1, -0.05) is 30.3 Å². The van der Waals surface area contributed by atoms with E-state index in [-0.39, 0.29) is 5.84 Å². The number of unbranched alkanes of at least 4 members (excludes halogenated alkanes) is 1. The van der Waals surface area contributed by atoms with Crippen molar-refractivity contribution in [3.63, 3.8) is 0 Å². The SMILES string of the molecule is N=C(N)CCCCn1nnc(-c2ccccc2)n1. The zero-order valence-corrected chi connectivity index (χ0v) is 10.1. The Kier molecular flexibility index (Phi) is 4.01. The Morgan fingerprint density at radius 3 is 2.72 bits per heavy atom. The van der Waals surface area contributed by atoms with E-state index >= 15 is 0 Å². The van der Waals surface area contributed by atoms with Gasteiger partial charge in [0, 0.05) is 12.0 Å². The molecule has 0 amide bonds. The van der Waals surface area contributed by atoms with E-state index in [0.717, 1.165) is 18.4 Å². The van der Waals surface area contributed by atoms with Gasteiger partial charge in [-0.2, -0.15) is 4.80 Å². The van der Waals surface area contributed by atoms with Crippen LogP contribution >= 0.6 is 0 Å². The molecule has 1 heterocycles. The summed E-state index contributed by atoms with van der Waals surface area (Å²) in [4.78, 5) is 1.59. The van der Waals surface area contributed by atoms with Crippen LogP contribution in [0.4, 0.5) is 0 Å². The van der Waals surface area contributed by atoms with Crippen molar-refractivity contribution < 1.29 is 0 Å². The molecule has 0 saturated carbocycles. The highest BCUT2D eigenvalue weighted by molar-refractivity contribution is 5.76. The van der Waals surface area contributed by atoms with Gasteiger partial charge in [0.2, 0.25) is 5.82 Å². The molecule has 6 nitrogen and oxygen atoms in total. The minimum absolute atomic E-state index is 0.228. The number of hydrogen-bond acceptors (Lipinski definition) is 4. The third-order valence-electron chi connectivity index (χ3n) is 2.54. The minimum Gasteiger partial charge on any atom is -0.388 e. The van der Waals surface area contributed by atoms with Crippen LogP contribution in [0, 0.1) is 5.41 Å². The van der Waals surface area contributed by atoms with Crippen molar-refractivity contribution in [2.75, 3.05) is 0 Å². The molecule has 1 aromatic heterocycles. The topological polar surface area (TPSA) is 93.5 Å². The number of aromatic nitrogens is 4. The largest absolute Gasteiger partial charge is 0.388 e. The molecule has 3 N–H and O–H groups in total. The summed E-state index contributed by atoms with van der Waals surface area (Å²) >= 11 is 0. The van der Waals surface area contributed by atoms with Crippen LogP contribution in [0.15, 0.2) is 30.3 Å². The lowest BCUT2D eigenvalue weighted by Crippen LogP contribution is -2.10. The van der Waals surface area contributed by atoms with Gasteiger partial charge in [0.15, 0.2) is 0 Å². The fraction of sp³-hybridized carbons (Fsp3) is 0.333. The highest BCUT2D eigenvalue weighted by Crippen LogP contribution is 2.11. The fourth-order valence-electron chi connectivity index (χ4n) is 1.61. The van der Waals surface area contributed by atoms with Gasteiger partial charge >= 0.3 is 0 Å². The van der Waals surface area contributed by atoms with Crippen LogP contribution < -0.4 is 5.73 Å². The van der Waals surface area contributed by atoms with Crippen LogP contribution in [0.25, 0.3) is 11.4 Å². The summed E-state index contributed by atoms with van der Waals surface area (Å²) in [6.07, 6.45) is 2.39. The second kappa shape index (κ2) is 5.90. The van der Waals surface area contributed by atoms with E-state index < -0.39 is 0 Å². The smallest absolute Gasteiger partial charge is 0.204 e. The van der Waals surface area contributed by atoms with E-state index in [0.29, 0.717) is 18.8 Å². The first-order chi connectivity index (χ1) is 8.75. The summed E-state index contributed by atoms with van der Waals surface area (Å²) < 4.78 is 0. The zero-order valence-electron chi connectivity index (χ0n) is 10.1. The molecule has 0 fully saturated rings. The van der Waals surface area contributed by atoms with E-state index in [2.05, 4.69) is 15.4 Å². The number of nitrogens with zero attached hydrogens (tertiary/aromatic N) is 4. The Labute approximate surface area is 105 Å². The fourth-order valence-corrected chi connectivity index (χ4v) is 1.61. The normalized spacial score (nSPS) is 10.4. The molecule has 0 aliphatic heterocycles. The van der Waals surface area contributed by atoms with Crippen molar-refractivity contribution in [3.05, 3.63) is 30.3 Å². The highest BCUT2D eigenvalue weighted by atomic mass is 15.6. The van der Waals surface area contributed by atoms with E-state index in [4.69, 9.17) is 11.1 Å². The van der Waals surface area contributed by atoms with Crippen LogP contribution in [0.2, 0.25) is 0 Å². The van der Waals surface area contributed by atoms with Gasteiger partial charge < -0.3 is 5.73 Å². The number of rotatable bonds is 6. The molecule has 18 heavy (non-hydrogen) atoms. The molecule has 1 aromatic carbocycles. The summed E-state index contributed by atoms with van der Waals surface area (Å²) in [5.41, 5.74) is 6.25. The van der Waals surface area contributed by atoms with E-state index in [1.165, 1.54) is 0 Å². The molecule has 94 valence electrons. The Morgan fingerprint density at radius 1 is 1.22 bits per heavy atom. The van der Waals surface area contributed by atoms with Crippen molar-refractivity contribution in [2.24, 2.45) is 5.73 Å². The third kappa shape index (κ3) is 3.38. The van der Waals surface area contributed by atoms with Gasteiger partial charge in [-0.3, -0.25) is 5.41 Å². The van der Waals surface area contributed by atoms with Crippen LogP contribution in [0.3, 0.4) is 0 Å². The first kappa shape index (κ1) is 12.2. The summed E-state index contributed by atoms with van der Waals surface area (Å²) in [5.74, 6) is 0.869. The average Bonchev–Trinajstić information content (AvgIpc) is 2.84. The first-order valence-electron chi connectivity index (χ1n) is 5.92. The molecule has 0 spiro atoms. The first-order valence-corrected chi connectivity index (χ1v) is 5.92. The minimum atomic E-state index is 0.228. The van der Waals surface area contributed by atoms with Gasteiger partial charge in [0.25, 0.3) is 0 Å². The Hall–Kier alpha value is -2.24. The van der Waals surface area contributed by atoms with Crippen molar-refractivity contribution in [3.8, 4) is 11.4 Å². The second-order valence-electron chi connectivity index (χ2n) is 4.06. The van der Waals surface area contributed by atoms with E-state index in [1.807, 2.05) is 30.3 Å². The van der Waals surface area contributed by atoms with Crippen LogP contribution in [-0.4, -0.2) is 26.0 Å². The second-order valence-corrected chi connectivity index (χ2v) is 4.06. The van der Waals surface area contributed by atoms with Crippen LogP contribution in [0.5, 0.6) is 0 Å². The van der Waals surface area contributed by atoms with Crippen LogP contribution in [-0.2, 0) is 6.54 Å². The quantitative estimate of drug-likeness (QED) is 0.457. The number of benzene rings is 1. The standard InChI is InChI=1S/C12H16N6/c13-11(14)8-4-5-9-18-16-12(15-17-18)10-6-2-1-3-7-10/h1-3,6-7H,4-5,8-9H2,(H3,13,14). The predicted octanol–water partition coefficient (Wildman–Crippen LogP) is 1.45. The molecule has 0 aliphatic rings. The van der Waals surface area contributed by atoms with Gasteiger partial charge in [0.1, 0.15) is 0 Å². The van der Waals surface area contributed by atoms with E-state index in [1.54, 1.807) is 4.80 Å². The number of nitrogens with two attached hydrogens (primary N) is 1. The Morgan fingerprint density at radius 2 is 2.00 bits per heavy atom. The lowest BCUT2D eigenvalue weighted by atomic mass is 10.2.